The first-order chi connectivity index (χ1) is 34.8. The molecule has 1 unspecified atom stereocenters. The molecule has 6 rings (SSSR count). The molecule has 4 amide bonds. The quantitative estimate of drug-likeness (QED) is 0.0511. The number of benzene rings is 4. The first-order valence-electron chi connectivity index (χ1n) is 25.0. The van der Waals surface area contributed by atoms with Crippen molar-refractivity contribution in [1.29, 1.82) is 0 Å². The Labute approximate surface area is 429 Å². The van der Waals surface area contributed by atoms with Crippen molar-refractivity contribution < 1.29 is 52.3 Å². The van der Waals surface area contributed by atoms with E-state index in [1.165, 1.54) is 0 Å². The number of fused-ring (bicyclic) bond motifs is 1. The van der Waals surface area contributed by atoms with Gasteiger partial charge in [0.1, 0.15) is 11.4 Å². The lowest BCUT2D eigenvalue weighted by molar-refractivity contribution is -0.123. The van der Waals surface area contributed by atoms with Crippen LogP contribution in [0.1, 0.15) is 93.9 Å². The molecule has 0 aliphatic carbocycles. The summed E-state index contributed by atoms with van der Waals surface area (Å²) in [6.45, 7) is 14.5. The van der Waals surface area contributed by atoms with Gasteiger partial charge in [0.25, 0.3) is 11.8 Å². The maximum atomic E-state index is 12.9. The number of piperidine rings is 1. The number of likely N-dealkylation sites (tertiary alicyclic amines) is 1. The average Bonchev–Trinajstić information content (AvgIpc) is 3.36. The number of ether oxygens (including phenoxy) is 7. The first kappa shape index (κ1) is 55.6. The van der Waals surface area contributed by atoms with Gasteiger partial charge in [-0.2, -0.15) is 0 Å². The summed E-state index contributed by atoms with van der Waals surface area (Å²) in [6, 6.07) is 28.7. The Morgan fingerprint density at radius 2 is 1.28 bits per heavy atom. The Bertz CT molecular complexity index is 2330. The molecule has 2 aliphatic rings. The summed E-state index contributed by atoms with van der Waals surface area (Å²) in [5.41, 5.74) is 5.83. The number of halogens is 1. The molecule has 1 saturated heterocycles. The Balaban J connectivity index is 0.737. The number of carbonyl (C=O) groups excluding carboxylic acids is 4. The van der Waals surface area contributed by atoms with Gasteiger partial charge in [0.15, 0.2) is 6.61 Å². The van der Waals surface area contributed by atoms with Crippen molar-refractivity contribution in [1.82, 2.24) is 15.5 Å². The van der Waals surface area contributed by atoms with E-state index in [2.05, 4.69) is 28.9 Å². The second-order valence-corrected chi connectivity index (χ2v) is 19.2. The predicted octanol–water partition coefficient (Wildman–Crippen LogP) is 8.78. The molecule has 390 valence electrons. The van der Waals surface area contributed by atoms with Gasteiger partial charge in [0.2, 0.25) is 5.91 Å². The van der Waals surface area contributed by atoms with Crippen LogP contribution in [0, 0.1) is 0 Å². The predicted molar refractivity (Wildman–Crippen MR) is 278 cm³/mol. The lowest BCUT2D eigenvalue weighted by Gasteiger charge is -2.39. The fourth-order valence-corrected chi connectivity index (χ4v) is 8.73. The summed E-state index contributed by atoms with van der Waals surface area (Å²) in [5.74, 6) is 0.140. The molecule has 0 radical (unpaired) electrons. The second-order valence-electron chi connectivity index (χ2n) is 18.7. The van der Waals surface area contributed by atoms with Gasteiger partial charge in [-0.1, -0.05) is 41.9 Å². The minimum atomic E-state index is -0.555. The highest BCUT2D eigenvalue weighted by molar-refractivity contribution is 6.30. The highest BCUT2D eigenvalue weighted by Crippen LogP contribution is 2.41. The molecule has 2 heterocycles. The number of hydrogen-bond donors (Lipinski definition) is 3. The molecule has 2 aliphatic heterocycles. The fourth-order valence-electron chi connectivity index (χ4n) is 8.61. The van der Waals surface area contributed by atoms with E-state index in [9.17, 15) is 19.2 Å². The van der Waals surface area contributed by atoms with Crippen LogP contribution in [-0.2, 0) is 38.0 Å². The standard InChI is InChI=1S/C55H72ClN5O11/c1-39-36-49(59-46-18-16-45(56)17-19-46)48-37-44(15-22-51(48)61(39)40(2)62)41-9-11-43(12-10-41)53(64)58-24-27-67-29-31-69-33-35-70-34-32-68-30-28-66-26-23-57-52(63)38-71-47-20-13-42(14-21-47)50-8-6-7-25-60(50)54(65)72-55(3,4)5/h9-22,37,39,49-50,59H,6-8,23-36,38H2,1-5H3,(H,57,63)(H,58,64)/t39-,49+,50?/m0/s1. The molecule has 0 spiro atoms. The van der Waals surface area contributed by atoms with E-state index >= 15 is 0 Å². The summed E-state index contributed by atoms with van der Waals surface area (Å²) in [4.78, 5) is 54.3. The summed E-state index contributed by atoms with van der Waals surface area (Å²) in [7, 11) is 0. The number of nitrogens with zero attached hydrogens (tertiary/aromatic N) is 2. The third-order valence-corrected chi connectivity index (χ3v) is 12.3. The number of carbonyl (C=O) groups is 4. The lowest BCUT2D eigenvalue weighted by atomic mass is 9.88. The van der Waals surface area contributed by atoms with Crippen molar-refractivity contribution in [2.24, 2.45) is 0 Å². The van der Waals surface area contributed by atoms with E-state index in [0.29, 0.717) is 102 Å². The molecular weight excluding hydrogens is 942 g/mol. The molecule has 4 aromatic rings. The molecule has 0 saturated carbocycles. The summed E-state index contributed by atoms with van der Waals surface area (Å²) in [5, 5.41) is 9.99. The number of anilines is 2. The molecular formula is C55H72ClN5O11. The summed E-state index contributed by atoms with van der Waals surface area (Å²) < 4.78 is 39.1. The highest BCUT2D eigenvalue weighted by atomic mass is 35.5. The lowest BCUT2D eigenvalue weighted by Crippen LogP contribution is -2.43. The largest absolute Gasteiger partial charge is 0.484 e. The number of hydrogen-bond acceptors (Lipinski definition) is 12. The first-order valence-corrected chi connectivity index (χ1v) is 25.4. The monoisotopic (exact) mass is 1010 g/mol. The van der Waals surface area contributed by atoms with Crippen LogP contribution in [0.25, 0.3) is 11.1 Å². The Morgan fingerprint density at radius 1 is 0.694 bits per heavy atom. The Kier molecular flexibility index (Phi) is 22.0. The third-order valence-electron chi connectivity index (χ3n) is 12.0. The van der Waals surface area contributed by atoms with Gasteiger partial charge in [-0.05, 0) is 136 Å². The third kappa shape index (κ3) is 17.8. The van der Waals surface area contributed by atoms with Crippen molar-refractivity contribution >= 4 is 46.8 Å². The molecule has 16 nitrogen and oxygen atoms in total. The topological polar surface area (TPSA) is 175 Å². The normalized spacial score (nSPS) is 16.7. The van der Waals surface area contributed by atoms with Crippen molar-refractivity contribution in [3.05, 3.63) is 113 Å². The minimum absolute atomic E-state index is 0.00466. The maximum Gasteiger partial charge on any atom is 0.410 e. The van der Waals surface area contributed by atoms with E-state index in [-0.39, 0.29) is 48.5 Å². The SMILES string of the molecule is CC(=O)N1c2ccc(-c3ccc(C(=O)NCCOCCOCCOCCOCCOCCNC(=O)COc4ccc(C5CCCCN5C(=O)OC(C)(C)C)cc4)cc3)cc2[C@H](Nc2ccc(Cl)cc2)C[C@@H]1C. The highest BCUT2D eigenvalue weighted by Gasteiger charge is 2.34. The smallest absolute Gasteiger partial charge is 0.410 e. The summed E-state index contributed by atoms with van der Waals surface area (Å²) in [6.07, 6.45) is 3.30. The molecule has 3 N–H and O–H groups in total. The number of amides is 4. The van der Waals surface area contributed by atoms with Crippen LogP contribution in [0.15, 0.2) is 91.0 Å². The van der Waals surface area contributed by atoms with Gasteiger partial charge in [-0.3, -0.25) is 14.4 Å². The molecule has 72 heavy (non-hydrogen) atoms. The minimum Gasteiger partial charge on any atom is -0.484 e. The Hall–Kier alpha value is -5.75. The van der Waals surface area contributed by atoms with Crippen molar-refractivity contribution in [2.45, 2.75) is 84.0 Å². The molecule has 4 aromatic carbocycles. The average molecular weight is 1010 g/mol. The molecule has 0 aromatic heterocycles. The zero-order valence-corrected chi connectivity index (χ0v) is 43.1. The van der Waals surface area contributed by atoms with Crippen molar-refractivity contribution in [3.8, 4) is 16.9 Å². The van der Waals surface area contributed by atoms with Gasteiger partial charge in [0.05, 0.1) is 78.2 Å². The van der Waals surface area contributed by atoms with Gasteiger partial charge in [-0.15, -0.1) is 0 Å². The van der Waals surface area contributed by atoms with Crippen molar-refractivity contribution in [2.75, 3.05) is 103 Å². The van der Waals surface area contributed by atoms with Crippen LogP contribution in [0.3, 0.4) is 0 Å². The number of nitrogens with one attached hydrogen (secondary N) is 3. The van der Waals surface area contributed by atoms with Crippen LogP contribution in [0.2, 0.25) is 5.02 Å². The van der Waals surface area contributed by atoms with E-state index in [4.69, 9.17) is 44.8 Å². The molecule has 0 bridgehead atoms. The zero-order valence-electron chi connectivity index (χ0n) is 42.4. The zero-order chi connectivity index (χ0) is 51.3. The molecule has 1 fully saturated rings. The van der Waals surface area contributed by atoms with Crippen LogP contribution in [-0.4, -0.2) is 133 Å². The van der Waals surface area contributed by atoms with Gasteiger partial charge in [0, 0.05) is 54.6 Å². The van der Waals surface area contributed by atoms with Crippen LogP contribution in [0.5, 0.6) is 5.75 Å². The maximum absolute atomic E-state index is 12.9. The van der Waals surface area contributed by atoms with E-state index in [1.807, 2.05) is 111 Å². The molecule has 3 atom stereocenters. The van der Waals surface area contributed by atoms with E-state index < -0.39 is 5.60 Å². The summed E-state index contributed by atoms with van der Waals surface area (Å²) >= 11 is 6.12. The van der Waals surface area contributed by atoms with E-state index in [1.54, 1.807) is 11.8 Å². The van der Waals surface area contributed by atoms with Gasteiger partial charge in [-0.25, -0.2) is 4.79 Å². The van der Waals surface area contributed by atoms with E-state index in [0.717, 1.165) is 59.3 Å². The molecule has 17 heteroatoms. The Morgan fingerprint density at radius 3 is 1.88 bits per heavy atom. The van der Waals surface area contributed by atoms with Crippen molar-refractivity contribution in [3.63, 3.8) is 0 Å². The fraction of sp³-hybridized carbons (Fsp3) is 0.491. The van der Waals surface area contributed by atoms with Crippen LogP contribution >= 0.6 is 11.6 Å². The van der Waals surface area contributed by atoms with Crippen LogP contribution in [0.4, 0.5) is 16.2 Å². The number of rotatable bonds is 26. The van der Waals surface area contributed by atoms with Crippen LogP contribution < -0.4 is 25.6 Å². The van der Waals surface area contributed by atoms with Gasteiger partial charge >= 0.3 is 6.09 Å². The van der Waals surface area contributed by atoms with Gasteiger partial charge < -0.3 is 58.9 Å². The second kappa shape index (κ2) is 28.5.